The molecule has 0 amide bonds. The Hall–Kier alpha value is -1.78. The van der Waals surface area contributed by atoms with Crippen molar-refractivity contribution in [2.24, 2.45) is 0 Å². The van der Waals surface area contributed by atoms with E-state index >= 15 is 0 Å². The van der Waals surface area contributed by atoms with Crippen molar-refractivity contribution in [3.05, 3.63) is 57.5 Å². The summed E-state index contributed by atoms with van der Waals surface area (Å²) < 4.78 is 6.16. The van der Waals surface area contributed by atoms with E-state index in [9.17, 15) is 0 Å². The van der Waals surface area contributed by atoms with Crippen LogP contribution in [0.4, 0.5) is 5.88 Å². The van der Waals surface area contributed by atoms with Crippen LogP contribution in [0.25, 0.3) is 22.4 Å². The molecule has 0 bridgehead atoms. The van der Waals surface area contributed by atoms with E-state index in [0.29, 0.717) is 16.6 Å². The van der Waals surface area contributed by atoms with Crippen LogP contribution in [0.5, 0.6) is 0 Å². The zero-order valence-electron chi connectivity index (χ0n) is 11.2. The molecule has 0 aliphatic rings. The van der Waals surface area contributed by atoms with E-state index in [0.717, 1.165) is 26.7 Å². The molecule has 0 aliphatic heterocycles. The summed E-state index contributed by atoms with van der Waals surface area (Å²) in [4.78, 5) is 0. The molecule has 106 valence electrons. The number of nitrogens with two attached hydrogens (primary N) is 1. The van der Waals surface area contributed by atoms with Crippen LogP contribution in [0.15, 0.2) is 51.5 Å². The summed E-state index contributed by atoms with van der Waals surface area (Å²) in [5.74, 6) is 0.297. The molecule has 2 aromatic carbocycles. The van der Waals surface area contributed by atoms with Crippen LogP contribution >= 0.6 is 27.5 Å². The van der Waals surface area contributed by atoms with Gasteiger partial charge in [0.25, 0.3) is 0 Å². The van der Waals surface area contributed by atoms with Crippen molar-refractivity contribution in [1.82, 2.24) is 5.16 Å². The second-order valence-corrected chi connectivity index (χ2v) is 6.00. The molecular formula is C16H12BrClN2O. The lowest BCUT2D eigenvalue weighted by molar-refractivity contribution is 0.439. The first kappa shape index (κ1) is 14.2. The highest BCUT2D eigenvalue weighted by molar-refractivity contribution is 9.10. The summed E-state index contributed by atoms with van der Waals surface area (Å²) in [5, 5.41) is 4.82. The van der Waals surface area contributed by atoms with Gasteiger partial charge in [-0.25, -0.2) is 0 Å². The molecule has 0 saturated heterocycles. The molecule has 3 rings (SSSR count). The Kier molecular flexibility index (Phi) is 3.74. The maximum atomic E-state index is 6.02. The van der Waals surface area contributed by atoms with E-state index in [1.54, 1.807) is 0 Å². The molecule has 0 fully saturated rings. The zero-order valence-corrected chi connectivity index (χ0v) is 13.6. The fourth-order valence-corrected chi connectivity index (χ4v) is 3.01. The van der Waals surface area contributed by atoms with Gasteiger partial charge in [-0.2, -0.15) is 0 Å². The third kappa shape index (κ3) is 2.57. The maximum absolute atomic E-state index is 6.02. The third-order valence-corrected chi connectivity index (χ3v) is 4.23. The lowest BCUT2D eigenvalue weighted by Gasteiger charge is -2.07. The van der Waals surface area contributed by atoms with Crippen LogP contribution in [0.1, 0.15) is 5.56 Å². The van der Waals surface area contributed by atoms with Crippen molar-refractivity contribution in [2.75, 3.05) is 5.73 Å². The molecule has 2 N–H and O–H groups in total. The van der Waals surface area contributed by atoms with Gasteiger partial charge in [-0.1, -0.05) is 57.0 Å². The summed E-state index contributed by atoms with van der Waals surface area (Å²) >= 11 is 9.56. The van der Waals surface area contributed by atoms with E-state index in [2.05, 4.69) is 21.1 Å². The first-order valence-corrected chi connectivity index (χ1v) is 7.51. The molecule has 0 radical (unpaired) electrons. The average molecular weight is 364 g/mol. The zero-order chi connectivity index (χ0) is 15.0. The van der Waals surface area contributed by atoms with Gasteiger partial charge in [0.2, 0.25) is 5.88 Å². The van der Waals surface area contributed by atoms with Gasteiger partial charge in [0.1, 0.15) is 5.69 Å². The van der Waals surface area contributed by atoms with Crippen molar-refractivity contribution in [3.8, 4) is 22.4 Å². The molecule has 0 spiro atoms. The minimum atomic E-state index is 0.297. The molecule has 3 aromatic rings. The number of anilines is 1. The normalized spacial score (nSPS) is 10.8. The Morgan fingerprint density at radius 3 is 2.62 bits per heavy atom. The van der Waals surface area contributed by atoms with E-state index in [1.807, 2.05) is 49.4 Å². The standard InChI is InChI=1S/C16H12BrClN2O/c1-9-8-10(18)6-7-11(9)15-14(16(19)21-20-15)12-4-2-3-5-13(12)17/h2-8H,19H2,1H3. The van der Waals surface area contributed by atoms with Gasteiger partial charge in [0.15, 0.2) is 0 Å². The van der Waals surface area contributed by atoms with E-state index in [1.165, 1.54) is 0 Å². The Labute approximate surface area is 135 Å². The summed E-state index contributed by atoms with van der Waals surface area (Å²) in [6.45, 7) is 1.98. The predicted molar refractivity (Wildman–Crippen MR) is 89.2 cm³/mol. The minimum Gasteiger partial charge on any atom is -0.367 e. The molecular weight excluding hydrogens is 352 g/mol. The SMILES string of the molecule is Cc1cc(Cl)ccc1-c1noc(N)c1-c1ccccc1Br. The number of hydrogen-bond acceptors (Lipinski definition) is 3. The molecule has 1 heterocycles. The Bertz CT molecular complexity index is 814. The molecule has 0 aliphatic carbocycles. The van der Waals surface area contributed by atoms with Gasteiger partial charge in [0, 0.05) is 20.6 Å². The topological polar surface area (TPSA) is 52.0 Å². The van der Waals surface area contributed by atoms with E-state index < -0.39 is 0 Å². The number of nitrogen functional groups attached to an aromatic ring is 1. The van der Waals surface area contributed by atoms with E-state index in [-0.39, 0.29) is 0 Å². The predicted octanol–water partition coefficient (Wildman–Crippen LogP) is 5.32. The number of benzene rings is 2. The molecule has 5 heteroatoms. The fraction of sp³-hybridized carbons (Fsp3) is 0.0625. The van der Waals surface area contributed by atoms with Crippen LogP contribution in [-0.2, 0) is 0 Å². The van der Waals surface area contributed by atoms with Crippen LogP contribution in [0.2, 0.25) is 5.02 Å². The highest BCUT2D eigenvalue weighted by Gasteiger charge is 2.20. The maximum Gasteiger partial charge on any atom is 0.230 e. The number of aryl methyl sites for hydroxylation is 1. The van der Waals surface area contributed by atoms with Gasteiger partial charge in [-0.3, -0.25) is 0 Å². The monoisotopic (exact) mass is 362 g/mol. The van der Waals surface area contributed by atoms with Crippen LogP contribution in [-0.4, -0.2) is 5.16 Å². The van der Waals surface area contributed by atoms with E-state index in [4.69, 9.17) is 21.9 Å². The third-order valence-electron chi connectivity index (χ3n) is 3.31. The number of aromatic nitrogens is 1. The number of hydrogen-bond donors (Lipinski definition) is 1. The summed E-state index contributed by atoms with van der Waals surface area (Å²) in [7, 11) is 0. The average Bonchev–Trinajstić information content (AvgIpc) is 2.81. The second-order valence-electron chi connectivity index (χ2n) is 4.71. The Morgan fingerprint density at radius 2 is 1.90 bits per heavy atom. The number of nitrogens with zero attached hydrogens (tertiary/aromatic N) is 1. The summed E-state index contributed by atoms with van der Waals surface area (Å²) in [5.41, 5.74) is 10.4. The number of halogens is 2. The molecule has 21 heavy (non-hydrogen) atoms. The Balaban J connectivity index is 2.25. The lowest BCUT2D eigenvalue weighted by Crippen LogP contribution is -1.90. The molecule has 0 atom stereocenters. The highest BCUT2D eigenvalue weighted by atomic mass is 79.9. The van der Waals surface area contributed by atoms with Crippen LogP contribution < -0.4 is 5.73 Å². The van der Waals surface area contributed by atoms with Gasteiger partial charge in [-0.05, 0) is 30.7 Å². The second kappa shape index (κ2) is 5.54. The minimum absolute atomic E-state index is 0.297. The first-order valence-electron chi connectivity index (χ1n) is 6.34. The number of rotatable bonds is 2. The van der Waals surface area contributed by atoms with Crippen molar-refractivity contribution >= 4 is 33.4 Å². The van der Waals surface area contributed by atoms with Gasteiger partial charge in [0.05, 0.1) is 5.56 Å². The summed E-state index contributed by atoms with van der Waals surface area (Å²) in [6.07, 6.45) is 0. The van der Waals surface area contributed by atoms with Crippen LogP contribution in [0.3, 0.4) is 0 Å². The molecule has 0 saturated carbocycles. The van der Waals surface area contributed by atoms with Crippen molar-refractivity contribution < 1.29 is 4.52 Å². The van der Waals surface area contributed by atoms with Crippen molar-refractivity contribution in [1.29, 1.82) is 0 Å². The van der Waals surface area contributed by atoms with Crippen LogP contribution in [0, 0.1) is 6.92 Å². The van der Waals surface area contributed by atoms with Crippen molar-refractivity contribution in [2.45, 2.75) is 6.92 Å². The summed E-state index contributed by atoms with van der Waals surface area (Å²) in [6, 6.07) is 13.5. The quantitative estimate of drug-likeness (QED) is 0.671. The first-order chi connectivity index (χ1) is 10.1. The lowest BCUT2D eigenvalue weighted by atomic mass is 9.98. The largest absolute Gasteiger partial charge is 0.367 e. The van der Waals surface area contributed by atoms with Gasteiger partial charge < -0.3 is 10.3 Å². The fourth-order valence-electron chi connectivity index (χ4n) is 2.30. The molecule has 0 unspecified atom stereocenters. The Morgan fingerprint density at radius 1 is 1.14 bits per heavy atom. The van der Waals surface area contributed by atoms with Gasteiger partial charge >= 0.3 is 0 Å². The highest BCUT2D eigenvalue weighted by Crippen LogP contribution is 2.40. The van der Waals surface area contributed by atoms with Crippen molar-refractivity contribution in [3.63, 3.8) is 0 Å². The molecule has 3 nitrogen and oxygen atoms in total. The smallest absolute Gasteiger partial charge is 0.230 e. The van der Waals surface area contributed by atoms with Gasteiger partial charge in [-0.15, -0.1) is 0 Å². The molecule has 1 aromatic heterocycles.